The van der Waals surface area contributed by atoms with Gasteiger partial charge in [0.1, 0.15) is 0 Å². The lowest BCUT2D eigenvalue weighted by Gasteiger charge is -2.12. The molecule has 22 heavy (non-hydrogen) atoms. The maximum atomic E-state index is 12.1. The highest BCUT2D eigenvalue weighted by atomic mass is 32.1. The molecule has 2 aromatic heterocycles. The van der Waals surface area contributed by atoms with E-state index in [0.717, 1.165) is 24.2 Å². The van der Waals surface area contributed by atoms with E-state index in [1.165, 1.54) is 11.3 Å². The number of carbonyl (C=O) groups excluding carboxylic acids is 2. The number of hydrogen-bond donors (Lipinski definition) is 4. The van der Waals surface area contributed by atoms with E-state index in [2.05, 4.69) is 26.1 Å². The number of fused-ring (bicyclic) bond motifs is 1. The molecule has 0 spiro atoms. The molecule has 0 aromatic carbocycles. The number of aromatic nitrogens is 2. The van der Waals surface area contributed by atoms with Crippen LogP contribution in [0.5, 0.6) is 0 Å². The van der Waals surface area contributed by atoms with Gasteiger partial charge in [0.05, 0.1) is 4.88 Å². The van der Waals surface area contributed by atoms with Crippen molar-refractivity contribution in [1.29, 1.82) is 0 Å². The lowest BCUT2D eigenvalue weighted by molar-refractivity contribution is 0.0926. The third kappa shape index (κ3) is 3.18. The second-order valence-electron chi connectivity index (χ2n) is 4.95. The Morgan fingerprint density at radius 2 is 2.09 bits per heavy atom. The number of hydrogen-bond acceptors (Lipinski definition) is 5. The minimum absolute atomic E-state index is 0.120. The first-order valence-corrected chi connectivity index (χ1v) is 8.00. The zero-order valence-electron chi connectivity index (χ0n) is 11.9. The number of nitrogens with zero attached hydrogens (tertiary/aromatic N) is 1. The molecule has 0 radical (unpaired) electrons. The average molecular weight is 319 g/mol. The van der Waals surface area contributed by atoms with Crippen molar-refractivity contribution in [3.8, 4) is 0 Å². The molecule has 8 heteroatoms. The fraction of sp³-hybridized carbons (Fsp3) is 0.357. The van der Waals surface area contributed by atoms with Crippen molar-refractivity contribution in [2.24, 2.45) is 0 Å². The Balaban J connectivity index is 1.47. The Labute approximate surface area is 131 Å². The Kier molecular flexibility index (Phi) is 4.50. The number of carbonyl (C=O) groups is 2. The summed E-state index contributed by atoms with van der Waals surface area (Å²) in [4.78, 5) is 24.5. The van der Waals surface area contributed by atoms with Crippen LogP contribution in [0.15, 0.2) is 17.5 Å². The predicted octanol–water partition coefficient (Wildman–Crippen LogP) is 0.277. The van der Waals surface area contributed by atoms with Gasteiger partial charge in [0, 0.05) is 43.9 Å². The van der Waals surface area contributed by atoms with Crippen molar-refractivity contribution in [1.82, 2.24) is 26.1 Å². The van der Waals surface area contributed by atoms with E-state index in [0.29, 0.717) is 30.2 Å². The Hall–Kier alpha value is -2.19. The summed E-state index contributed by atoms with van der Waals surface area (Å²) in [6.07, 6.45) is 0.854. The molecule has 7 nitrogen and oxygen atoms in total. The Morgan fingerprint density at radius 1 is 1.27 bits per heavy atom. The van der Waals surface area contributed by atoms with Crippen LogP contribution in [0.25, 0.3) is 0 Å². The maximum Gasteiger partial charge on any atom is 0.272 e. The summed E-state index contributed by atoms with van der Waals surface area (Å²) in [5, 5.41) is 17.6. The monoisotopic (exact) mass is 319 g/mol. The normalized spacial score (nSPS) is 13.5. The molecule has 0 aliphatic carbocycles. The molecule has 0 atom stereocenters. The van der Waals surface area contributed by atoms with Crippen molar-refractivity contribution in [3.63, 3.8) is 0 Å². The topological polar surface area (TPSA) is 98.9 Å². The van der Waals surface area contributed by atoms with Crippen molar-refractivity contribution in [2.45, 2.75) is 13.0 Å². The van der Waals surface area contributed by atoms with Crippen molar-refractivity contribution in [2.75, 3.05) is 19.6 Å². The van der Waals surface area contributed by atoms with Gasteiger partial charge in [-0.15, -0.1) is 11.3 Å². The van der Waals surface area contributed by atoms with Crippen molar-refractivity contribution in [3.05, 3.63) is 39.3 Å². The molecule has 0 bridgehead atoms. The first-order valence-electron chi connectivity index (χ1n) is 7.12. The van der Waals surface area contributed by atoms with E-state index in [4.69, 9.17) is 0 Å². The Bertz CT molecular complexity index is 665. The van der Waals surface area contributed by atoms with Crippen LogP contribution >= 0.6 is 11.3 Å². The largest absolute Gasteiger partial charge is 0.350 e. The summed E-state index contributed by atoms with van der Waals surface area (Å²) in [6.45, 7) is 2.30. The van der Waals surface area contributed by atoms with E-state index < -0.39 is 0 Å². The zero-order valence-corrected chi connectivity index (χ0v) is 12.8. The minimum Gasteiger partial charge on any atom is -0.350 e. The molecule has 0 unspecified atom stereocenters. The van der Waals surface area contributed by atoms with Crippen molar-refractivity contribution >= 4 is 23.2 Å². The van der Waals surface area contributed by atoms with E-state index in [-0.39, 0.29) is 11.8 Å². The van der Waals surface area contributed by atoms with Gasteiger partial charge in [0.15, 0.2) is 5.69 Å². The molecule has 0 saturated heterocycles. The maximum absolute atomic E-state index is 12.1. The number of nitrogens with one attached hydrogen (secondary N) is 4. The molecule has 1 aliphatic rings. The third-order valence-electron chi connectivity index (χ3n) is 3.46. The van der Waals surface area contributed by atoms with E-state index >= 15 is 0 Å². The number of rotatable bonds is 5. The second-order valence-corrected chi connectivity index (χ2v) is 5.89. The van der Waals surface area contributed by atoms with Crippen LogP contribution in [-0.4, -0.2) is 41.6 Å². The lowest BCUT2D eigenvalue weighted by Crippen LogP contribution is -2.35. The first-order chi connectivity index (χ1) is 10.8. The highest BCUT2D eigenvalue weighted by Crippen LogP contribution is 2.14. The molecule has 0 fully saturated rings. The number of amides is 2. The van der Waals surface area contributed by atoms with Gasteiger partial charge < -0.3 is 16.0 Å². The van der Waals surface area contributed by atoms with Gasteiger partial charge in [-0.3, -0.25) is 14.7 Å². The zero-order chi connectivity index (χ0) is 15.4. The SMILES string of the molecule is O=C(NCCNC(=O)c1n[nH]c2c1CNCC2)c1cccs1. The number of H-pyrrole nitrogens is 1. The van der Waals surface area contributed by atoms with E-state index in [1.807, 2.05) is 11.4 Å². The second kappa shape index (κ2) is 6.71. The van der Waals surface area contributed by atoms with Gasteiger partial charge >= 0.3 is 0 Å². The van der Waals surface area contributed by atoms with Crippen LogP contribution in [0.4, 0.5) is 0 Å². The predicted molar refractivity (Wildman–Crippen MR) is 83.0 cm³/mol. The summed E-state index contributed by atoms with van der Waals surface area (Å²) in [7, 11) is 0. The molecule has 1 aliphatic heterocycles. The summed E-state index contributed by atoms with van der Waals surface area (Å²) >= 11 is 1.39. The molecule has 116 valence electrons. The van der Waals surface area contributed by atoms with E-state index in [1.54, 1.807) is 6.07 Å². The third-order valence-corrected chi connectivity index (χ3v) is 4.33. The van der Waals surface area contributed by atoms with Crippen LogP contribution in [0.1, 0.15) is 31.4 Å². The molecule has 4 N–H and O–H groups in total. The van der Waals surface area contributed by atoms with Crippen LogP contribution in [0, 0.1) is 0 Å². The molecule has 3 heterocycles. The molecule has 3 rings (SSSR count). The van der Waals surface area contributed by atoms with E-state index in [9.17, 15) is 9.59 Å². The minimum atomic E-state index is -0.216. The number of thiophene rings is 1. The van der Waals surface area contributed by atoms with Gasteiger partial charge in [0.2, 0.25) is 0 Å². The van der Waals surface area contributed by atoms with Crippen LogP contribution in [0.3, 0.4) is 0 Å². The smallest absolute Gasteiger partial charge is 0.272 e. The van der Waals surface area contributed by atoms with Gasteiger partial charge in [-0.1, -0.05) is 6.07 Å². The van der Waals surface area contributed by atoms with Crippen LogP contribution < -0.4 is 16.0 Å². The van der Waals surface area contributed by atoms with Crippen LogP contribution in [0.2, 0.25) is 0 Å². The first kappa shape index (κ1) is 14.7. The fourth-order valence-electron chi connectivity index (χ4n) is 2.34. The van der Waals surface area contributed by atoms with Gasteiger partial charge in [-0.05, 0) is 11.4 Å². The summed E-state index contributed by atoms with van der Waals surface area (Å²) < 4.78 is 0. The number of aromatic amines is 1. The average Bonchev–Trinajstić information content (AvgIpc) is 3.20. The fourth-order valence-corrected chi connectivity index (χ4v) is 2.98. The summed E-state index contributed by atoms with van der Waals surface area (Å²) in [5.41, 5.74) is 2.40. The Morgan fingerprint density at radius 3 is 2.86 bits per heavy atom. The van der Waals surface area contributed by atoms with Crippen molar-refractivity contribution < 1.29 is 9.59 Å². The highest BCUT2D eigenvalue weighted by molar-refractivity contribution is 7.12. The quantitative estimate of drug-likeness (QED) is 0.595. The standard InChI is InChI=1S/C14H17N5O2S/c20-13(11-2-1-7-22-11)16-5-6-17-14(21)12-9-8-15-4-3-10(9)18-19-12/h1-2,7,15H,3-6,8H2,(H,16,20)(H,17,21)(H,18,19). The summed E-state index contributed by atoms with van der Waals surface area (Å²) in [6, 6.07) is 3.59. The van der Waals surface area contributed by atoms with Gasteiger partial charge in [0.25, 0.3) is 11.8 Å². The van der Waals surface area contributed by atoms with Gasteiger partial charge in [-0.25, -0.2) is 0 Å². The molecule has 2 amide bonds. The molecular formula is C14H17N5O2S. The molecule has 2 aromatic rings. The molecule has 0 saturated carbocycles. The molecular weight excluding hydrogens is 302 g/mol. The van der Waals surface area contributed by atoms with Gasteiger partial charge in [-0.2, -0.15) is 5.10 Å². The summed E-state index contributed by atoms with van der Waals surface area (Å²) in [5.74, 6) is -0.336. The van der Waals surface area contributed by atoms with Crippen LogP contribution in [-0.2, 0) is 13.0 Å². The lowest BCUT2D eigenvalue weighted by atomic mass is 10.1. The highest BCUT2D eigenvalue weighted by Gasteiger charge is 2.21.